The lowest BCUT2D eigenvalue weighted by Gasteiger charge is -2.15. The Labute approximate surface area is 105 Å². The molecule has 2 aromatic rings. The van der Waals surface area contributed by atoms with Crippen LogP contribution in [-0.2, 0) is 6.42 Å². The Morgan fingerprint density at radius 1 is 1.47 bits per heavy atom. The minimum Gasteiger partial charge on any atom is -0.312 e. The molecule has 1 N–H and O–H groups in total. The molecule has 2 rings (SSSR count). The Balaban J connectivity index is 2.16. The van der Waals surface area contributed by atoms with Crippen LogP contribution >= 0.6 is 11.3 Å². The Bertz CT molecular complexity index is 448. The van der Waals surface area contributed by atoms with Gasteiger partial charge in [-0.1, -0.05) is 0 Å². The van der Waals surface area contributed by atoms with Crippen molar-refractivity contribution in [1.29, 1.82) is 0 Å². The molecule has 2 heterocycles. The Morgan fingerprint density at radius 3 is 2.88 bits per heavy atom. The second kappa shape index (κ2) is 5.37. The molecule has 0 spiro atoms. The van der Waals surface area contributed by atoms with E-state index in [1.807, 2.05) is 23.4 Å². The summed E-state index contributed by atoms with van der Waals surface area (Å²) in [5, 5.41) is 7.55. The van der Waals surface area contributed by atoms with Gasteiger partial charge in [0.1, 0.15) is 12.2 Å². The van der Waals surface area contributed by atoms with Gasteiger partial charge in [0.25, 0.3) is 0 Å². The highest BCUT2D eigenvalue weighted by Crippen LogP contribution is 2.21. The van der Waals surface area contributed by atoms with Crippen molar-refractivity contribution in [2.75, 3.05) is 7.05 Å². The van der Waals surface area contributed by atoms with E-state index in [4.69, 9.17) is 0 Å². The molecule has 0 saturated carbocycles. The standard InChI is InChI=1S/C11H17N5S/c1-8(2)16-11(14-6-15-16)4-9(12-3)10-5-13-7-17-10/h5-9,12H,4H2,1-3H3. The number of aromatic nitrogens is 4. The van der Waals surface area contributed by atoms with Crippen molar-refractivity contribution in [2.24, 2.45) is 0 Å². The van der Waals surface area contributed by atoms with Crippen molar-refractivity contribution in [2.45, 2.75) is 32.4 Å². The van der Waals surface area contributed by atoms with Gasteiger partial charge in [-0.05, 0) is 20.9 Å². The van der Waals surface area contributed by atoms with Crippen LogP contribution in [0.5, 0.6) is 0 Å². The number of likely N-dealkylation sites (N-methyl/N-ethyl adjacent to an activating group) is 1. The summed E-state index contributed by atoms with van der Waals surface area (Å²) in [7, 11) is 1.96. The molecule has 1 atom stereocenters. The van der Waals surface area contributed by atoms with E-state index in [0.29, 0.717) is 6.04 Å². The van der Waals surface area contributed by atoms with E-state index in [9.17, 15) is 0 Å². The van der Waals surface area contributed by atoms with Gasteiger partial charge in [0.05, 0.1) is 5.51 Å². The zero-order valence-corrected chi connectivity index (χ0v) is 11.1. The van der Waals surface area contributed by atoms with Gasteiger partial charge in [-0.25, -0.2) is 9.67 Å². The van der Waals surface area contributed by atoms with Crippen LogP contribution in [0, 0.1) is 0 Å². The van der Waals surface area contributed by atoms with Gasteiger partial charge in [0, 0.05) is 29.6 Å². The van der Waals surface area contributed by atoms with Crippen LogP contribution in [0.15, 0.2) is 18.0 Å². The monoisotopic (exact) mass is 251 g/mol. The van der Waals surface area contributed by atoms with E-state index in [-0.39, 0.29) is 6.04 Å². The summed E-state index contributed by atoms with van der Waals surface area (Å²) in [6, 6.07) is 0.593. The van der Waals surface area contributed by atoms with Gasteiger partial charge in [-0.15, -0.1) is 11.3 Å². The van der Waals surface area contributed by atoms with Crippen LogP contribution in [0.2, 0.25) is 0 Å². The number of nitrogens with zero attached hydrogens (tertiary/aromatic N) is 4. The van der Waals surface area contributed by atoms with Gasteiger partial charge < -0.3 is 5.32 Å². The molecule has 17 heavy (non-hydrogen) atoms. The highest BCUT2D eigenvalue weighted by Gasteiger charge is 2.16. The molecule has 0 bridgehead atoms. The molecule has 0 aliphatic rings. The van der Waals surface area contributed by atoms with Crippen molar-refractivity contribution in [3.8, 4) is 0 Å². The quantitative estimate of drug-likeness (QED) is 0.880. The molecule has 0 aliphatic carbocycles. The SMILES string of the molecule is CNC(Cc1ncnn1C(C)C)c1cncs1. The lowest BCUT2D eigenvalue weighted by molar-refractivity contribution is 0.480. The zero-order chi connectivity index (χ0) is 12.3. The smallest absolute Gasteiger partial charge is 0.138 e. The summed E-state index contributed by atoms with van der Waals surface area (Å²) in [5.74, 6) is 1.01. The number of thiazole rings is 1. The molecule has 2 aromatic heterocycles. The minimum absolute atomic E-state index is 0.254. The molecular formula is C11H17N5S. The first-order valence-corrected chi connectivity index (χ1v) is 6.54. The summed E-state index contributed by atoms with van der Waals surface area (Å²) in [6.07, 6.45) is 4.35. The third kappa shape index (κ3) is 2.70. The summed E-state index contributed by atoms with van der Waals surface area (Å²) < 4.78 is 1.96. The maximum absolute atomic E-state index is 4.33. The van der Waals surface area contributed by atoms with Crippen LogP contribution in [0.3, 0.4) is 0 Å². The molecule has 0 fully saturated rings. The summed E-state index contributed by atoms with van der Waals surface area (Å²) in [5.41, 5.74) is 1.85. The Kier molecular flexibility index (Phi) is 3.86. The second-order valence-electron chi connectivity index (χ2n) is 4.16. The first-order chi connectivity index (χ1) is 8.22. The summed E-state index contributed by atoms with van der Waals surface area (Å²) >= 11 is 1.66. The third-order valence-electron chi connectivity index (χ3n) is 2.67. The predicted octanol–water partition coefficient (Wildman–Crippen LogP) is 1.82. The number of hydrogen-bond donors (Lipinski definition) is 1. The molecule has 0 amide bonds. The molecule has 0 aliphatic heterocycles. The van der Waals surface area contributed by atoms with Gasteiger partial charge in [0.2, 0.25) is 0 Å². The van der Waals surface area contributed by atoms with Crippen LogP contribution in [0.25, 0.3) is 0 Å². The number of hydrogen-bond acceptors (Lipinski definition) is 5. The Hall–Kier alpha value is -1.27. The molecule has 5 nitrogen and oxygen atoms in total. The summed E-state index contributed by atoms with van der Waals surface area (Å²) in [6.45, 7) is 4.22. The van der Waals surface area contributed by atoms with Gasteiger partial charge in [0.15, 0.2) is 0 Å². The molecule has 0 radical (unpaired) electrons. The number of nitrogens with one attached hydrogen (secondary N) is 1. The lowest BCUT2D eigenvalue weighted by atomic mass is 10.1. The Morgan fingerprint density at radius 2 is 2.29 bits per heavy atom. The summed E-state index contributed by atoms with van der Waals surface area (Å²) in [4.78, 5) is 9.67. The first-order valence-electron chi connectivity index (χ1n) is 5.66. The van der Waals surface area contributed by atoms with Crippen molar-refractivity contribution in [3.63, 3.8) is 0 Å². The normalized spacial score (nSPS) is 13.2. The maximum atomic E-state index is 4.33. The van der Waals surface area contributed by atoms with E-state index in [1.54, 1.807) is 17.7 Å². The topological polar surface area (TPSA) is 55.6 Å². The predicted molar refractivity (Wildman–Crippen MR) is 68.0 cm³/mol. The van der Waals surface area contributed by atoms with E-state index >= 15 is 0 Å². The van der Waals surface area contributed by atoms with Crippen molar-refractivity contribution >= 4 is 11.3 Å². The van der Waals surface area contributed by atoms with Crippen molar-refractivity contribution < 1.29 is 0 Å². The fourth-order valence-corrected chi connectivity index (χ4v) is 2.51. The maximum Gasteiger partial charge on any atom is 0.138 e. The largest absolute Gasteiger partial charge is 0.312 e. The zero-order valence-electron chi connectivity index (χ0n) is 10.3. The van der Waals surface area contributed by atoms with E-state index in [2.05, 4.69) is 34.2 Å². The second-order valence-corrected chi connectivity index (χ2v) is 5.08. The number of rotatable bonds is 5. The third-order valence-corrected chi connectivity index (χ3v) is 3.56. The van der Waals surface area contributed by atoms with E-state index in [1.165, 1.54) is 4.88 Å². The molecule has 6 heteroatoms. The average molecular weight is 251 g/mol. The van der Waals surface area contributed by atoms with Gasteiger partial charge in [-0.2, -0.15) is 5.10 Å². The molecular weight excluding hydrogens is 234 g/mol. The molecule has 0 aromatic carbocycles. The minimum atomic E-state index is 0.254. The van der Waals surface area contributed by atoms with Gasteiger partial charge in [-0.3, -0.25) is 4.98 Å². The first kappa shape index (κ1) is 12.2. The van der Waals surface area contributed by atoms with Crippen molar-refractivity contribution in [1.82, 2.24) is 25.1 Å². The molecule has 92 valence electrons. The average Bonchev–Trinajstić information content (AvgIpc) is 2.96. The molecule has 0 saturated heterocycles. The highest BCUT2D eigenvalue weighted by molar-refractivity contribution is 7.09. The van der Waals surface area contributed by atoms with Crippen LogP contribution < -0.4 is 5.32 Å². The van der Waals surface area contributed by atoms with Crippen LogP contribution in [0.4, 0.5) is 0 Å². The van der Waals surface area contributed by atoms with Crippen LogP contribution in [-0.4, -0.2) is 26.8 Å². The van der Waals surface area contributed by atoms with Gasteiger partial charge >= 0.3 is 0 Å². The highest BCUT2D eigenvalue weighted by atomic mass is 32.1. The van der Waals surface area contributed by atoms with E-state index < -0.39 is 0 Å². The lowest BCUT2D eigenvalue weighted by Crippen LogP contribution is -2.20. The van der Waals surface area contributed by atoms with Crippen LogP contribution in [0.1, 0.15) is 36.6 Å². The van der Waals surface area contributed by atoms with Crippen molar-refractivity contribution in [3.05, 3.63) is 28.7 Å². The fourth-order valence-electron chi connectivity index (χ4n) is 1.78. The van der Waals surface area contributed by atoms with E-state index in [0.717, 1.165) is 12.2 Å². The molecule has 1 unspecified atom stereocenters. The fraction of sp³-hybridized carbons (Fsp3) is 0.545.